The van der Waals surface area contributed by atoms with Gasteiger partial charge in [0.25, 0.3) is 0 Å². The molecule has 0 atom stereocenters. The van der Waals surface area contributed by atoms with Crippen LogP contribution in [-0.2, 0) is 17.8 Å². The highest BCUT2D eigenvalue weighted by Crippen LogP contribution is 2.32. The summed E-state index contributed by atoms with van der Waals surface area (Å²) in [5.41, 5.74) is 1.21. The van der Waals surface area contributed by atoms with Crippen LogP contribution in [0.15, 0.2) is 12.1 Å². The lowest BCUT2D eigenvalue weighted by molar-refractivity contribution is -0.116. The molecule has 0 fully saturated rings. The largest absolute Gasteiger partial charge is 0.504 e. The molecular formula is C12H16O4. The van der Waals surface area contributed by atoms with Gasteiger partial charge >= 0.3 is 0 Å². The molecule has 0 aromatic heterocycles. The fourth-order valence-corrected chi connectivity index (χ4v) is 1.54. The van der Waals surface area contributed by atoms with Crippen molar-refractivity contribution in [3.63, 3.8) is 0 Å². The highest BCUT2D eigenvalue weighted by Gasteiger charge is 2.12. The molecule has 1 aromatic rings. The number of hydrogen-bond donors (Lipinski definition) is 2. The maximum absolute atomic E-state index is 10.9. The van der Waals surface area contributed by atoms with Gasteiger partial charge in [0.1, 0.15) is 5.78 Å². The SMILES string of the molecule is COc1ccc(CCC(C)=O)c(CO)c1O. The molecule has 0 aliphatic heterocycles. The molecule has 88 valence electrons. The van der Waals surface area contributed by atoms with Crippen LogP contribution in [-0.4, -0.2) is 23.1 Å². The molecular weight excluding hydrogens is 208 g/mol. The highest BCUT2D eigenvalue weighted by atomic mass is 16.5. The summed E-state index contributed by atoms with van der Waals surface area (Å²) in [6, 6.07) is 3.39. The number of phenols is 1. The van der Waals surface area contributed by atoms with E-state index in [1.54, 1.807) is 12.1 Å². The molecule has 0 bridgehead atoms. The number of ether oxygens (including phenoxy) is 1. The highest BCUT2D eigenvalue weighted by molar-refractivity contribution is 5.75. The Morgan fingerprint density at radius 3 is 2.62 bits per heavy atom. The summed E-state index contributed by atoms with van der Waals surface area (Å²) in [4.78, 5) is 10.9. The number of aryl methyl sites for hydroxylation is 1. The molecule has 0 aliphatic carbocycles. The number of benzene rings is 1. The van der Waals surface area contributed by atoms with Crippen LogP contribution in [0.2, 0.25) is 0 Å². The van der Waals surface area contributed by atoms with Crippen LogP contribution in [0.1, 0.15) is 24.5 Å². The zero-order valence-corrected chi connectivity index (χ0v) is 9.49. The first-order valence-electron chi connectivity index (χ1n) is 5.08. The third kappa shape index (κ3) is 2.73. The smallest absolute Gasteiger partial charge is 0.163 e. The van der Waals surface area contributed by atoms with E-state index < -0.39 is 0 Å². The monoisotopic (exact) mass is 224 g/mol. The zero-order chi connectivity index (χ0) is 12.1. The van der Waals surface area contributed by atoms with Crippen LogP contribution in [0.3, 0.4) is 0 Å². The van der Waals surface area contributed by atoms with Crippen LogP contribution >= 0.6 is 0 Å². The van der Waals surface area contributed by atoms with E-state index in [4.69, 9.17) is 4.74 Å². The van der Waals surface area contributed by atoms with Crippen LogP contribution in [0.4, 0.5) is 0 Å². The second-order valence-corrected chi connectivity index (χ2v) is 3.61. The van der Waals surface area contributed by atoms with Gasteiger partial charge in [-0.3, -0.25) is 0 Å². The van der Waals surface area contributed by atoms with Gasteiger partial charge in [0.05, 0.1) is 13.7 Å². The number of aromatic hydroxyl groups is 1. The molecule has 0 amide bonds. The van der Waals surface area contributed by atoms with Crippen molar-refractivity contribution in [1.29, 1.82) is 0 Å². The van der Waals surface area contributed by atoms with Crippen molar-refractivity contribution in [2.24, 2.45) is 0 Å². The van der Waals surface area contributed by atoms with Crippen LogP contribution in [0.5, 0.6) is 11.5 Å². The van der Waals surface area contributed by atoms with Gasteiger partial charge in [-0.05, 0) is 25.0 Å². The molecule has 16 heavy (non-hydrogen) atoms. The lowest BCUT2D eigenvalue weighted by atomic mass is 10.0. The molecule has 0 unspecified atom stereocenters. The van der Waals surface area contributed by atoms with Crippen molar-refractivity contribution in [2.75, 3.05) is 7.11 Å². The number of hydrogen-bond acceptors (Lipinski definition) is 4. The van der Waals surface area contributed by atoms with Gasteiger partial charge in [0.15, 0.2) is 11.5 Å². The van der Waals surface area contributed by atoms with Gasteiger partial charge in [0.2, 0.25) is 0 Å². The van der Waals surface area contributed by atoms with Gasteiger partial charge in [-0.2, -0.15) is 0 Å². The first-order valence-corrected chi connectivity index (χ1v) is 5.08. The summed E-state index contributed by atoms with van der Waals surface area (Å²) >= 11 is 0. The number of methoxy groups -OCH3 is 1. The van der Waals surface area contributed by atoms with Gasteiger partial charge in [0, 0.05) is 12.0 Å². The fourth-order valence-electron chi connectivity index (χ4n) is 1.54. The lowest BCUT2D eigenvalue weighted by Crippen LogP contribution is -2.00. The minimum atomic E-state index is -0.268. The van der Waals surface area contributed by atoms with E-state index in [1.807, 2.05) is 0 Å². The van der Waals surface area contributed by atoms with E-state index in [2.05, 4.69) is 0 Å². The average molecular weight is 224 g/mol. The molecule has 0 radical (unpaired) electrons. The molecule has 0 aliphatic rings. The van der Waals surface area contributed by atoms with Gasteiger partial charge in [-0.25, -0.2) is 0 Å². The topological polar surface area (TPSA) is 66.8 Å². The molecule has 1 rings (SSSR count). The third-order valence-corrected chi connectivity index (χ3v) is 2.47. The average Bonchev–Trinajstić information content (AvgIpc) is 2.26. The molecule has 2 N–H and O–H groups in total. The molecule has 0 heterocycles. The Morgan fingerprint density at radius 1 is 1.44 bits per heavy atom. The minimum Gasteiger partial charge on any atom is -0.504 e. The summed E-state index contributed by atoms with van der Waals surface area (Å²) in [5, 5.41) is 18.9. The molecule has 0 saturated heterocycles. The summed E-state index contributed by atoms with van der Waals surface area (Å²) in [7, 11) is 1.45. The summed E-state index contributed by atoms with van der Waals surface area (Å²) in [5.74, 6) is 0.362. The van der Waals surface area contributed by atoms with Crippen LogP contribution in [0, 0.1) is 0 Å². The summed E-state index contributed by atoms with van der Waals surface area (Å²) < 4.78 is 4.94. The van der Waals surface area contributed by atoms with Gasteiger partial charge < -0.3 is 19.7 Å². The van der Waals surface area contributed by atoms with E-state index in [-0.39, 0.29) is 18.1 Å². The first-order chi connectivity index (χ1) is 7.60. The quantitative estimate of drug-likeness (QED) is 0.793. The molecule has 1 aromatic carbocycles. The van der Waals surface area contributed by atoms with E-state index in [1.165, 1.54) is 14.0 Å². The maximum atomic E-state index is 10.9. The lowest BCUT2D eigenvalue weighted by Gasteiger charge is -2.11. The van der Waals surface area contributed by atoms with Crippen molar-refractivity contribution < 1.29 is 19.7 Å². The number of carbonyl (C=O) groups is 1. The van der Waals surface area contributed by atoms with Gasteiger partial charge in [-0.15, -0.1) is 0 Å². The standard InChI is InChI=1S/C12H16O4/c1-8(14)3-4-9-5-6-11(16-2)12(15)10(9)7-13/h5-6,13,15H,3-4,7H2,1-2H3. The zero-order valence-electron chi connectivity index (χ0n) is 9.49. The van der Waals surface area contributed by atoms with E-state index in [0.29, 0.717) is 24.2 Å². The Balaban J connectivity index is 3.01. The van der Waals surface area contributed by atoms with Crippen molar-refractivity contribution in [3.8, 4) is 11.5 Å². The van der Waals surface area contributed by atoms with Crippen LogP contribution in [0.25, 0.3) is 0 Å². The van der Waals surface area contributed by atoms with E-state index >= 15 is 0 Å². The number of Topliss-reactive ketones (excluding diaryl/α,β-unsaturated/α-hetero) is 1. The Kier molecular flexibility index (Phi) is 4.31. The normalized spacial score (nSPS) is 10.2. The number of aliphatic hydroxyl groups excluding tert-OH is 1. The number of carbonyl (C=O) groups excluding carboxylic acids is 1. The van der Waals surface area contributed by atoms with Crippen molar-refractivity contribution in [2.45, 2.75) is 26.4 Å². The predicted octanol–water partition coefficient (Wildman–Crippen LogP) is 1.41. The first kappa shape index (κ1) is 12.5. The van der Waals surface area contributed by atoms with E-state index in [0.717, 1.165) is 5.56 Å². The second kappa shape index (κ2) is 5.51. The minimum absolute atomic E-state index is 0.0500. The predicted molar refractivity (Wildman–Crippen MR) is 59.6 cm³/mol. The van der Waals surface area contributed by atoms with Gasteiger partial charge in [-0.1, -0.05) is 6.07 Å². The number of ketones is 1. The maximum Gasteiger partial charge on any atom is 0.163 e. The summed E-state index contributed by atoms with van der Waals surface area (Å²) in [6.07, 6.45) is 0.918. The second-order valence-electron chi connectivity index (χ2n) is 3.61. The molecule has 4 heteroatoms. The van der Waals surface area contributed by atoms with Crippen LogP contribution < -0.4 is 4.74 Å². The number of rotatable bonds is 5. The molecule has 4 nitrogen and oxygen atoms in total. The molecule has 0 saturated carbocycles. The third-order valence-electron chi connectivity index (χ3n) is 2.47. The molecule has 0 spiro atoms. The van der Waals surface area contributed by atoms with Crippen molar-refractivity contribution >= 4 is 5.78 Å². The Bertz CT molecular complexity index is 385. The Labute approximate surface area is 94.5 Å². The van der Waals surface area contributed by atoms with Crippen molar-refractivity contribution in [3.05, 3.63) is 23.3 Å². The Hall–Kier alpha value is -1.55. The fraction of sp³-hybridized carbons (Fsp3) is 0.417. The summed E-state index contributed by atoms with van der Waals surface area (Å²) in [6.45, 7) is 1.25. The van der Waals surface area contributed by atoms with E-state index in [9.17, 15) is 15.0 Å². The van der Waals surface area contributed by atoms with Crippen molar-refractivity contribution in [1.82, 2.24) is 0 Å². The number of aliphatic hydroxyl groups is 1. The Morgan fingerprint density at radius 2 is 2.12 bits per heavy atom.